The van der Waals surface area contributed by atoms with E-state index in [4.69, 9.17) is 22.0 Å². The number of nitrogens with two attached hydrogens (primary N) is 1. The number of rotatable bonds is 5. The van der Waals surface area contributed by atoms with Gasteiger partial charge < -0.3 is 0 Å². The maximum atomic E-state index is 13.8. The van der Waals surface area contributed by atoms with Crippen molar-refractivity contribution in [3.8, 4) is 28.5 Å². The van der Waals surface area contributed by atoms with Crippen LogP contribution in [-0.2, 0) is 16.6 Å². The van der Waals surface area contributed by atoms with Gasteiger partial charge in [0.1, 0.15) is 17.9 Å². The molecule has 0 unspecified atom stereocenters. The number of primary sulfonamides is 1. The maximum absolute atomic E-state index is 13.8. The summed E-state index contributed by atoms with van der Waals surface area (Å²) in [6.45, 7) is -0.366. The molecule has 6 nitrogen and oxygen atoms in total. The molecule has 3 rings (SSSR count). The van der Waals surface area contributed by atoms with Gasteiger partial charge in [0.05, 0.1) is 11.0 Å². The molecule has 10 heteroatoms. The fourth-order valence-corrected chi connectivity index (χ4v) is 3.43. The van der Waals surface area contributed by atoms with Gasteiger partial charge in [-0.05, 0) is 29.8 Å². The van der Waals surface area contributed by atoms with Crippen molar-refractivity contribution in [3.05, 3.63) is 59.2 Å². The predicted octanol–water partition coefficient (Wildman–Crippen LogP) is 3.98. The van der Waals surface area contributed by atoms with Crippen LogP contribution in [0.25, 0.3) is 22.4 Å². The number of nitriles is 1. The van der Waals surface area contributed by atoms with Crippen LogP contribution < -0.4 is 5.14 Å². The van der Waals surface area contributed by atoms with E-state index in [2.05, 4.69) is 5.10 Å². The maximum Gasteiger partial charge on any atom is 0.280 e. The zero-order chi connectivity index (χ0) is 20.5. The third-order valence-corrected chi connectivity index (χ3v) is 5.19. The summed E-state index contributed by atoms with van der Waals surface area (Å²) in [4.78, 5) is -0.116. The number of sulfonamides is 1. The van der Waals surface area contributed by atoms with Gasteiger partial charge in [0.15, 0.2) is 0 Å². The molecule has 0 bridgehead atoms. The third-order valence-electron chi connectivity index (χ3n) is 4.01. The summed E-state index contributed by atoms with van der Waals surface area (Å²) in [6, 6.07) is 13.5. The number of nitrogens with zero attached hydrogens (tertiary/aromatic N) is 3. The van der Waals surface area contributed by atoms with Crippen LogP contribution in [0.2, 0.25) is 5.02 Å². The predicted molar refractivity (Wildman–Crippen MR) is 100 cm³/mol. The summed E-state index contributed by atoms with van der Waals surface area (Å²) in [6.07, 6.45) is -2.89. The Hall–Kier alpha value is -2.80. The van der Waals surface area contributed by atoms with Crippen molar-refractivity contribution in [1.29, 1.82) is 5.26 Å². The van der Waals surface area contributed by atoms with Crippen molar-refractivity contribution in [2.75, 3.05) is 0 Å². The van der Waals surface area contributed by atoms with Gasteiger partial charge in [0, 0.05) is 16.1 Å². The molecule has 3 aromatic rings. The molecule has 0 spiro atoms. The molecule has 0 saturated carbocycles. The number of alkyl halides is 2. The van der Waals surface area contributed by atoms with Crippen LogP contribution >= 0.6 is 11.6 Å². The lowest BCUT2D eigenvalue weighted by Crippen LogP contribution is -2.11. The van der Waals surface area contributed by atoms with E-state index in [0.29, 0.717) is 16.1 Å². The molecule has 1 heterocycles. The van der Waals surface area contributed by atoms with Gasteiger partial charge in [0.25, 0.3) is 6.43 Å². The normalized spacial score (nSPS) is 11.6. The van der Waals surface area contributed by atoms with Crippen LogP contribution in [0.15, 0.2) is 53.4 Å². The second-order valence-electron chi connectivity index (χ2n) is 5.80. The first-order valence-electron chi connectivity index (χ1n) is 7.87. The molecule has 0 aliphatic rings. The Balaban J connectivity index is 2.26. The molecule has 0 fully saturated rings. The Morgan fingerprint density at radius 3 is 2.18 bits per heavy atom. The van der Waals surface area contributed by atoms with Gasteiger partial charge in [0.2, 0.25) is 10.0 Å². The quantitative estimate of drug-likeness (QED) is 0.671. The number of hydrogen-bond donors (Lipinski definition) is 1. The second-order valence-corrected chi connectivity index (χ2v) is 7.80. The van der Waals surface area contributed by atoms with Gasteiger partial charge >= 0.3 is 0 Å². The summed E-state index contributed by atoms with van der Waals surface area (Å²) in [5.41, 5.74) is 0.763. The first-order chi connectivity index (χ1) is 13.2. The summed E-state index contributed by atoms with van der Waals surface area (Å²) in [5, 5.41) is 18.7. The number of halogens is 3. The average molecular weight is 423 g/mol. The molecule has 28 heavy (non-hydrogen) atoms. The Bertz CT molecular complexity index is 1150. The molecule has 2 N–H and O–H groups in total. The standard InChI is InChI=1S/C18H13ClF2N4O2S/c19-13-5-1-11(2-6-13)15-16(24-25(10-9-22)17(15)18(20)21)12-3-7-14(8-4-12)28(23,26)27/h1-8,18H,10H2,(H2,23,26,27). The first kappa shape index (κ1) is 19.9. The highest BCUT2D eigenvalue weighted by atomic mass is 35.5. The lowest BCUT2D eigenvalue weighted by molar-refractivity contribution is 0.140. The highest BCUT2D eigenvalue weighted by Crippen LogP contribution is 2.39. The Labute approximate surface area is 164 Å². The van der Waals surface area contributed by atoms with Crippen molar-refractivity contribution >= 4 is 21.6 Å². The first-order valence-corrected chi connectivity index (χ1v) is 9.79. The van der Waals surface area contributed by atoms with Gasteiger partial charge in [-0.15, -0.1) is 0 Å². The smallest absolute Gasteiger partial charge is 0.248 e. The zero-order valence-corrected chi connectivity index (χ0v) is 15.8. The summed E-state index contributed by atoms with van der Waals surface area (Å²) in [5.74, 6) is 0. The van der Waals surface area contributed by atoms with E-state index >= 15 is 0 Å². The summed E-state index contributed by atoms with van der Waals surface area (Å²) >= 11 is 5.89. The molecule has 0 atom stereocenters. The highest BCUT2D eigenvalue weighted by Gasteiger charge is 2.26. The van der Waals surface area contributed by atoms with Crippen molar-refractivity contribution < 1.29 is 17.2 Å². The van der Waals surface area contributed by atoms with Crippen LogP contribution in [0.1, 0.15) is 12.1 Å². The topological polar surface area (TPSA) is 102 Å². The van der Waals surface area contributed by atoms with Crippen molar-refractivity contribution in [1.82, 2.24) is 9.78 Å². The Morgan fingerprint density at radius 1 is 1.11 bits per heavy atom. The summed E-state index contributed by atoms with van der Waals surface area (Å²) in [7, 11) is -3.90. The molecule has 0 aliphatic heterocycles. The third kappa shape index (κ3) is 3.89. The van der Waals surface area contributed by atoms with Gasteiger partial charge in [-0.3, -0.25) is 0 Å². The molecule has 0 amide bonds. The van der Waals surface area contributed by atoms with E-state index in [1.807, 2.05) is 6.07 Å². The monoisotopic (exact) mass is 422 g/mol. The zero-order valence-electron chi connectivity index (χ0n) is 14.2. The Morgan fingerprint density at radius 2 is 1.68 bits per heavy atom. The lowest BCUT2D eigenvalue weighted by atomic mass is 9.99. The highest BCUT2D eigenvalue weighted by molar-refractivity contribution is 7.89. The van der Waals surface area contributed by atoms with E-state index in [1.54, 1.807) is 24.3 Å². The molecule has 2 aromatic carbocycles. The van der Waals surface area contributed by atoms with E-state index in [1.165, 1.54) is 24.3 Å². The van der Waals surface area contributed by atoms with Crippen molar-refractivity contribution in [3.63, 3.8) is 0 Å². The van der Waals surface area contributed by atoms with Gasteiger partial charge in [-0.2, -0.15) is 10.4 Å². The van der Waals surface area contributed by atoms with Crippen LogP contribution in [0.5, 0.6) is 0 Å². The van der Waals surface area contributed by atoms with Crippen molar-refractivity contribution in [2.45, 2.75) is 17.9 Å². The minimum atomic E-state index is -3.90. The van der Waals surface area contributed by atoms with Crippen LogP contribution in [0.4, 0.5) is 8.78 Å². The van der Waals surface area contributed by atoms with Crippen LogP contribution in [0, 0.1) is 11.3 Å². The van der Waals surface area contributed by atoms with E-state index in [0.717, 1.165) is 4.68 Å². The van der Waals surface area contributed by atoms with Crippen LogP contribution in [0.3, 0.4) is 0 Å². The van der Waals surface area contributed by atoms with Gasteiger partial charge in [-0.1, -0.05) is 35.9 Å². The Kier molecular flexibility index (Phi) is 5.47. The number of aromatic nitrogens is 2. The van der Waals surface area contributed by atoms with E-state index in [-0.39, 0.29) is 22.7 Å². The SMILES string of the molecule is N#CCn1nc(-c2ccc(S(N)(=O)=O)cc2)c(-c2ccc(Cl)cc2)c1C(F)F. The second kappa shape index (κ2) is 7.67. The molecular weight excluding hydrogens is 410 g/mol. The molecule has 0 aliphatic carbocycles. The molecule has 144 valence electrons. The fourth-order valence-electron chi connectivity index (χ4n) is 2.79. The largest absolute Gasteiger partial charge is 0.280 e. The molecule has 1 aromatic heterocycles. The average Bonchev–Trinajstić information content (AvgIpc) is 3.01. The van der Waals surface area contributed by atoms with E-state index in [9.17, 15) is 17.2 Å². The summed E-state index contributed by atoms with van der Waals surface area (Å²) < 4.78 is 51.5. The minimum Gasteiger partial charge on any atom is -0.248 e. The number of hydrogen-bond acceptors (Lipinski definition) is 4. The molecule has 0 saturated heterocycles. The van der Waals surface area contributed by atoms with Crippen molar-refractivity contribution in [2.24, 2.45) is 5.14 Å². The number of benzene rings is 2. The van der Waals surface area contributed by atoms with Crippen LogP contribution in [-0.4, -0.2) is 18.2 Å². The fraction of sp³-hybridized carbons (Fsp3) is 0.111. The molecule has 0 radical (unpaired) electrons. The molecular formula is C18H13ClF2N4O2S. The van der Waals surface area contributed by atoms with E-state index < -0.39 is 22.1 Å². The lowest BCUT2D eigenvalue weighted by Gasteiger charge is -2.08. The minimum absolute atomic E-state index is 0.116. The van der Waals surface area contributed by atoms with Gasteiger partial charge in [-0.25, -0.2) is 27.0 Å².